The number of hydrogen-bond donors (Lipinski definition) is 6. The number of nitrogens with one attached hydrogen (secondary N) is 4. The van der Waals surface area contributed by atoms with E-state index in [1.807, 2.05) is 83.1 Å². The topological polar surface area (TPSA) is 269 Å². The number of nitrogens with two attached hydrogens (primary N) is 1. The maximum absolute atomic E-state index is 12.3. The van der Waals surface area contributed by atoms with Gasteiger partial charge in [0.15, 0.2) is 10.9 Å². The van der Waals surface area contributed by atoms with Crippen LogP contribution < -0.4 is 26.1 Å². The van der Waals surface area contributed by atoms with Crippen molar-refractivity contribution in [1.29, 1.82) is 0 Å². The van der Waals surface area contributed by atoms with Crippen LogP contribution in [0.15, 0.2) is 136 Å². The van der Waals surface area contributed by atoms with Crippen LogP contribution in [0.4, 0.5) is 10.3 Å². The summed E-state index contributed by atoms with van der Waals surface area (Å²) >= 11 is 5.87. The Balaban J connectivity index is 0.000000199. The van der Waals surface area contributed by atoms with Crippen LogP contribution in [0.2, 0.25) is 0 Å². The number of carbonyl (C=O) groups excluding carboxylic acids is 3. The molecular weight excluding hydrogens is 977 g/mol. The van der Waals surface area contributed by atoms with Crippen LogP contribution in [0.3, 0.4) is 0 Å². The van der Waals surface area contributed by atoms with Crippen LogP contribution in [0.25, 0.3) is 41.3 Å². The predicted molar refractivity (Wildman–Crippen MR) is 268 cm³/mol. The number of hydrazone groups is 1. The number of aromatic nitrogens is 2. The molecule has 0 atom stereocenters. The summed E-state index contributed by atoms with van der Waals surface area (Å²) < 4.78 is 54.6. The Labute approximate surface area is 401 Å². The van der Waals surface area contributed by atoms with E-state index in [1.54, 1.807) is 47.7 Å². The number of rotatable bonds is 11. The number of fused-ring (bicyclic) bond motifs is 2. The minimum absolute atomic E-state index is 0.00738. The van der Waals surface area contributed by atoms with Crippen LogP contribution in [0.5, 0.6) is 0 Å². The number of Topliss-reactive ketones (excluding diaryl/α,β-unsaturated/α-hetero) is 1. The summed E-state index contributed by atoms with van der Waals surface area (Å²) in [5.74, 6) is 3.07. The molecule has 0 unspecified atom stereocenters. The third-order valence-electron chi connectivity index (χ3n) is 8.36. The first-order valence-corrected chi connectivity index (χ1v) is 25.6. The lowest BCUT2D eigenvalue weighted by Crippen LogP contribution is -2.28. The lowest BCUT2D eigenvalue weighted by atomic mass is 10.2. The van der Waals surface area contributed by atoms with Crippen LogP contribution in [0.1, 0.15) is 49.2 Å². The Kier molecular flexibility index (Phi) is 17.7. The van der Waals surface area contributed by atoms with Crippen molar-refractivity contribution in [3.8, 4) is 20.9 Å². The molecule has 23 heteroatoms. The molecule has 0 aliphatic rings. The zero-order valence-corrected chi connectivity index (χ0v) is 41.0. The number of aliphatic carboxylic acids is 1. The maximum atomic E-state index is 12.3. The normalized spacial score (nSPS) is 11.2. The standard InChI is InChI=1S/C21H18N4O3S3.C14H13NO4S2.C7H7N3S.C2H4O2/c1-13(23-24-21-22-17-8-3-4-9-20(17)30-21)18-10-11-19(29-18)15-6-5-7-16(12-15)31(27,28)25-14(2)26;1-9(16)13-6-7-14(20-13)11-4-3-5-12(8-11)21(18,19)15-10(2)17;8-10-7-9-5-3-1-2-4-6(5)11-7;1-2(3)4/h3-12H,1-2H3,(H,22,24)(H,25,26);3-8H,1-2H3,(H,15,17);1-4H,8H2,(H,9,10);1H3,(H,3,4)/b23-13+;;;. The van der Waals surface area contributed by atoms with Gasteiger partial charge in [0.25, 0.3) is 26.0 Å². The number of hydrogen-bond acceptors (Lipinski definition) is 18. The fraction of sp³-hybridized carbons (Fsp3) is 0.114. The van der Waals surface area contributed by atoms with Gasteiger partial charge in [-0.1, -0.05) is 71.2 Å². The molecule has 0 spiro atoms. The van der Waals surface area contributed by atoms with E-state index in [0.717, 1.165) is 72.2 Å². The first kappa shape index (κ1) is 51.3. The number of sulfonamides is 2. The van der Waals surface area contributed by atoms with E-state index >= 15 is 0 Å². The van der Waals surface area contributed by atoms with Gasteiger partial charge in [-0.3, -0.25) is 30.0 Å². The highest BCUT2D eigenvalue weighted by Gasteiger charge is 2.18. The molecule has 2 amide bonds. The Morgan fingerprint density at radius 1 is 0.567 bits per heavy atom. The number of hydrazine groups is 1. The largest absolute Gasteiger partial charge is 0.481 e. The zero-order chi connectivity index (χ0) is 48.9. The number of thiazole rings is 2. The fourth-order valence-electron chi connectivity index (χ4n) is 5.54. The number of carboxylic acid groups (broad SMARTS) is 1. The van der Waals surface area contributed by atoms with Crippen LogP contribution in [-0.4, -0.2) is 61.2 Å². The molecule has 8 rings (SSSR count). The Hall–Kier alpha value is -6.73. The molecule has 0 bridgehead atoms. The van der Waals surface area contributed by atoms with E-state index in [9.17, 15) is 31.2 Å². The molecule has 8 aromatic rings. The van der Waals surface area contributed by atoms with Gasteiger partial charge in [0.05, 0.1) is 45.7 Å². The van der Waals surface area contributed by atoms with Gasteiger partial charge in [0.1, 0.15) is 0 Å². The quantitative estimate of drug-likeness (QED) is 0.0306. The van der Waals surface area contributed by atoms with Crippen molar-refractivity contribution in [3.05, 3.63) is 131 Å². The average Bonchev–Trinajstić information content (AvgIpc) is 4.11. The van der Waals surface area contributed by atoms with Gasteiger partial charge in [-0.2, -0.15) is 5.10 Å². The second-order valence-electron chi connectivity index (χ2n) is 13.7. The first-order chi connectivity index (χ1) is 31.7. The van der Waals surface area contributed by atoms with E-state index in [0.29, 0.717) is 15.6 Å². The zero-order valence-electron chi connectivity index (χ0n) is 36.1. The van der Waals surface area contributed by atoms with Crippen molar-refractivity contribution in [2.24, 2.45) is 10.9 Å². The lowest BCUT2D eigenvalue weighted by Gasteiger charge is -2.06. The summed E-state index contributed by atoms with van der Waals surface area (Å²) in [4.78, 5) is 54.4. The van der Waals surface area contributed by atoms with Crippen molar-refractivity contribution < 1.29 is 41.1 Å². The number of nitrogens with zero attached hydrogens (tertiary/aromatic N) is 3. The third-order valence-corrected chi connectivity index (χ3v) is 15.6. The predicted octanol–water partition coefficient (Wildman–Crippen LogP) is 8.80. The molecule has 0 radical (unpaired) electrons. The van der Waals surface area contributed by atoms with Crippen molar-refractivity contribution in [3.63, 3.8) is 0 Å². The summed E-state index contributed by atoms with van der Waals surface area (Å²) in [5, 5.41) is 13.3. The van der Waals surface area contributed by atoms with Crippen LogP contribution >= 0.6 is 45.3 Å². The number of amides is 2. The van der Waals surface area contributed by atoms with E-state index in [1.165, 1.54) is 59.1 Å². The Morgan fingerprint density at radius 2 is 1.00 bits per heavy atom. The van der Waals surface area contributed by atoms with E-state index < -0.39 is 37.8 Å². The maximum Gasteiger partial charge on any atom is 0.300 e. The van der Waals surface area contributed by atoms with Gasteiger partial charge < -0.3 is 5.11 Å². The van der Waals surface area contributed by atoms with Gasteiger partial charge in [-0.05, 0) is 97.8 Å². The lowest BCUT2D eigenvalue weighted by molar-refractivity contribution is -0.134. The molecule has 0 saturated carbocycles. The molecule has 7 N–H and O–H groups in total. The van der Waals surface area contributed by atoms with E-state index in [2.05, 4.69) is 25.9 Å². The number of thiophene rings is 2. The van der Waals surface area contributed by atoms with Gasteiger partial charge in [0.2, 0.25) is 16.9 Å². The summed E-state index contributed by atoms with van der Waals surface area (Å²) in [7, 11) is -7.75. The molecule has 4 aromatic carbocycles. The first-order valence-electron chi connectivity index (χ1n) is 19.4. The second kappa shape index (κ2) is 23.1. The van der Waals surface area contributed by atoms with E-state index in [4.69, 9.17) is 15.7 Å². The number of ketones is 1. The molecule has 0 aliphatic heterocycles. The van der Waals surface area contributed by atoms with Crippen molar-refractivity contribution in [1.82, 2.24) is 19.4 Å². The average molecular weight is 1020 g/mol. The molecule has 0 fully saturated rings. The van der Waals surface area contributed by atoms with Gasteiger partial charge >= 0.3 is 0 Å². The third kappa shape index (κ3) is 14.9. The molecular formula is C44H42N8O9S6. The molecule has 0 aliphatic carbocycles. The fourth-order valence-corrected chi connectivity index (χ4v) is 11.0. The van der Waals surface area contributed by atoms with Gasteiger partial charge in [0, 0.05) is 30.5 Å². The SMILES string of the molecule is CC(=O)NS(=O)(=O)c1cccc(-c2ccc(/C(C)=N/Nc3nc4ccccc4s3)s2)c1.CC(=O)NS(=O)(=O)c1cccc(-c2ccc(C(C)=O)s2)c1.CC(=O)O.NNc1nc2ccccc2s1. The highest BCUT2D eigenvalue weighted by Crippen LogP contribution is 2.32. The highest BCUT2D eigenvalue weighted by atomic mass is 32.2. The summed E-state index contributed by atoms with van der Waals surface area (Å²) in [6.45, 7) is 6.76. The highest BCUT2D eigenvalue weighted by molar-refractivity contribution is 7.90. The smallest absolute Gasteiger partial charge is 0.300 e. The molecule has 0 saturated heterocycles. The summed E-state index contributed by atoms with van der Waals surface area (Å²) in [6, 6.07) is 35.9. The van der Waals surface area contributed by atoms with Crippen LogP contribution in [0, 0.1) is 0 Å². The number of para-hydroxylation sites is 2. The van der Waals surface area contributed by atoms with Gasteiger partial charge in [-0.25, -0.2) is 42.1 Å². The van der Waals surface area contributed by atoms with Crippen molar-refractivity contribution in [2.75, 3.05) is 10.9 Å². The number of nitrogen functional groups attached to an aromatic ring is 1. The Bertz CT molecular complexity index is 3250. The molecule has 67 heavy (non-hydrogen) atoms. The minimum Gasteiger partial charge on any atom is -0.481 e. The molecule has 348 valence electrons. The minimum atomic E-state index is -3.88. The summed E-state index contributed by atoms with van der Waals surface area (Å²) in [6.07, 6.45) is 0. The Morgan fingerprint density at radius 3 is 1.43 bits per heavy atom. The second-order valence-corrected chi connectivity index (χ2v) is 21.3. The van der Waals surface area contributed by atoms with Crippen LogP contribution in [-0.2, 0) is 34.4 Å². The number of benzene rings is 4. The summed E-state index contributed by atoms with van der Waals surface area (Å²) in [5.41, 5.74) is 9.67. The number of anilines is 2. The molecule has 4 heterocycles. The van der Waals surface area contributed by atoms with Crippen molar-refractivity contribution in [2.45, 2.75) is 44.4 Å². The van der Waals surface area contributed by atoms with Crippen molar-refractivity contribution >= 4 is 125 Å². The monoisotopic (exact) mass is 1020 g/mol. The molecule has 4 aromatic heterocycles. The molecule has 17 nitrogen and oxygen atoms in total. The van der Waals surface area contributed by atoms with E-state index in [-0.39, 0.29) is 15.6 Å². The van der Waals surface area contributed by atoms with Gasteiger partial charge in [-0.15, -0.1) is 22.7 Å². The number of carboxylic acids is 1. The number of carbonyl (C=O) groups is 4.